The first-order valence-electron chi connectivity index (χ1n) is 5.00. The normalized spacial score (nSPS) is 9.56. The van der Waals surface area contributed by atoms with E-state index in [4.69, 9.17) is 5.26 Å². The Morgan fingerprint density at radius 3 is 2.94 bits per heavy atom. The molecule has 3 nitrogen and oxygen atoms in total. The van der Waals surface area contributed by atoms with E-state index in [1.165, 1.54) is 0 Å². The number of nitrogens with zero attached hydrogens (tertiary/aromatic N) is 2. The van der Waals surface area contributed by atoms with Crippen LogP contribution in [0.25, 0.3) is 0 Å². The lowest BCUT2D eigenvalue weighted by Gasteiger charge is -2.16. The van der Waals surface area contributed by atoms with Crippen LogP contribution < -0.4 is 0 Å². The second kappa shape index (κ2) is 6.29. The van der Waals surface area contributed by atoms with E-state index in [-0.39, 0.29) is 5.91 Å². The van der Waals surface area contributed by atoms with Crippen molar-refractivity contribution in [2.45, 2.75) is 6.42 Å². The third kappa shape index (κ3) is 3.35. The lowest BCUT2D eigenvalue weighted by Crippen LogP contribution is -2.27. The number of alkyl halides is 1. The summed E-state index contributed by atoms with van der Waals surface area (Å²) >= 11 is 3.33. The van der Waals surface area contributed by atoms with Crippen LogP contribution in [0.5, 0.6) is 0 Å². The third-order valence-corrected chi connectivity index (χ3v) is 2.77. The number of rotatable bonds is 4. The van der Waals surface area contributed by atoms with Gasteiger partial charge in [-0.25, -0.2) is 0 Å². The summed E-state index contributed by atoms with van der Waals surface area (Å²) < 4.78 is 0. The summed E-state index contributed by atoms with van der Waals surface area (Å²) in [5.41, 5.74) is 1.08. The van der Waals surface area contributed by atoms with Gasteiger partial charge < -0.3 is 4.90 Å². The Bertz CT molecular complexity index is 412. The van der Waals surface area contributed by atoms with E-state index < -0.39 is 0 Å². The van der Waals surface area contributed by atoms with Crippen LogP contribution in [0.4, 0.5) is 0 Å². The third-order valence-electron chi connectivity index (χ3n) is 2.21. The summed E-state index contributed by atoms with van der Waals surface area (Å²) in [6.07, 6.45) is 0.917. The zero-order chi connectivity index (χ0) is 12.0. The fourth-order valence-corrected chi connectivity index (χ4v) is 1.59. The van der Waals surface area contributed by atoms with Crippen molar-refractivity contribution in [1.82, 2.24) is 4.90 Å². The van der Waals surface area contributed by atoms with Crippen molar-refractivity contribution < 1.29 is 4.79 Å². The molecule has 1 aromatic carbocycles. The topological polar surface area (TPSA) is 44.1 Å². The first-order chi connectivity index (χ1) is 7.69. The van der Waals surface area contributed by atoms with E-state index in [2.05, 4.69) is 15.9 Å². The van der Waals surface area contributed by atoms with Crippen molar-refractivity contribution in [2.24, 2.45) is 0 Å². The lowest BCUT2D eigenvalue weighted by atomic mass is 10.1. The largest absolute Gasteiger partial charge is 0.342 e. The summed E-state index contributed by atoms with van der Waals surface area (Å²) in [5.74, 6) is -0.0435. The van der Waals surface area contributed by atoms with Crippen LogP contribution in [0.3, 0.4) is 0 Å². The van der Waals surface area contributed by atoms with Gasteiger partial charge in [0.25, 0.3) is 5.91 Å². The molecule has 0 unspecified atom stereocenters. The Hall–Kier alpha value is -1.34. The molecule has 1 aromatic rings. The molecule has 0 atom stereocenters. The molecular formula is C12H13BrN2O. The number of halogens is 1. The minimum absolute atomic E-state index is 0.0435. The van der Waals surface area contributed by atoms with Gasteiger partial charge in [-0.2, -0.15) is 5.26 Å². The molecule has 0 saturated heterocycles. The standard InChI is InChI=1S/C12H13BrN2O/c1-15(7-3-6-13)12(16)11-5-2-4-10(8-11)9-14/h2,4-5,8H,3,6-7H2,1H3. The molecule has 0 radical (unpaired) electrons. The number of hydrogen-bond acceptors (Lipinski definition) is 2. The molecule has 1 amide bonds. The van der Waals surface area contributed by atoms with Crippen LogP contribution in [-0.2, 0) is 0 Å². The molecule has 16 heavy (non-hydrogen) atoms. The number of hydrogen-bond donors (Lipinski definition) is 0. The van der Waals surface area contributed by atoms with Gasteiger partial charge in [0.2, 0.25) is 0 Å². The van der Waals surface area contributed by atoms with Gasteiger partial charge in [-0.1, -0.05) is 22.0 Å². The van der Waals surface area contributed by atoms with Crippen molar-refractivity contribution in [3.63, 3.8) is 0 Å². The summed E-state index contributed by atoms with van der Waals surface area (Å²) in [5, 5.41) is 9.62. The summed E-state index contributed by atoms with van der Waals surface area (Å²) in [4.78, 5) is 13.6. The van der Waals surface area contributed by atoms with E-state index in [1.54, 1.807) is 36.2 Å². The van der Waals surface area contributed by atoms with Crippen LogP contribution in [0.15, 0.2) is 24.3 Å². The van der Waals surface area contributed by atoms with Gasteiger partial charge in [0.1, 0.15) is 0 Å². The van der Waals surface area contributed by atoms with Gasteiger partial charge in [0, 0.05) is 24.5 Å². The maximum Gasteiger partial charge on any atom is 0.253 e. The van der Waals surface area contributed by atoms with Gasteiger partial charge in [0.15, 0.2) is 0 Å². The van der Waals surface area contributed by atoms with Gasteiger partial charge >= 0.3 is 0 Å². The number of benzene rings is 1. The first-order valence-corrected chi connectivity index (χ1v) is 6.12. The Morgan fingerprint density at radius 1 is 1.56 bits per heavy atom. The van der Waals surface area contributed by atoms with Gasteiger partial charge in [-0.05, 0) is 24.6 Å². The average Bonchev–Trinajstić information content (AvgIpc) is 2.35. The molecule has 0 spiro atoms. The first kappa shape index (κ1) is 12.7. The van der Waals surface area contributed by atoms with Crippen molar-refractivity contribution in [3.05, 3.63) is 35.4 Å². The van der Waals surface area contributed by atoms with Crippen LogP contribution in [0.1, 0.15) is 22.3 Å². The fourth-order valence-electron chi connectivity index (χ4n) is 1.34. The average molecular weight is 281 g/mol. The zero-order valence-electron chi connectivity index (χ0n) is 9.11. The van der Waals surface area contributed by atoms with Crippen LogP contribution in [0, 0.1) is 11.3 Å². The molecule has 0 fully saturated rings. The van der Waals surface area contributed by atoms with Crippen LogP contribution in [-0.4, -0.2) is 29.7 Å². The number of nitriles is 1. The predicted molar refractivity (Wildman–Crippen MR) is 66.5 cm³/mol. The minimum Gasteiger partial charge on any atom is -0.342 e. The molecule has 0 aromatic heterocycles. The van der Waals surface area contributed by atoms with Gasteiger partial charge in [-0.3, -0.25) is 4.79 Å². The number of carbonyl (C=O) groups excluding carboxylic acids is 1. The van der Waals surface area contributed by atoms with E-state index in [0.29, 0.717) is 17.7 Å². The minimum atomic E-state index is -0.0435. The van der Waals surface area contributed by atoms with Crippen molar-refractivity contribution in [3.8, 4) is 6.07 Å². The molecule has 0 bridgehead atoms. The highest BCUT2D eigenvalue weighted by molar-refractivity contribution is 9.09. The fraction of sp³-hybridized carbons (Fsp3) is 0.333. The SMILES string of the molecule is CN(CCCBr)C(=O)c1cccc(C#N)c1. The number of amides is 1. The molecular weight excluding hydrogens is 268 g/mol. The Labute approximate surface area is 104 Å². The predicted octanol–water partition coefficient (Wildman–Crippen LogP) is 2.42. The number of carbonyl (C=O) groups is 1. The van der Waals surface area contributed by atoms with Gasteiger partial charge in [0.05, 0.1) is 11.6 Å². The molecule has 0 saturated carbocycles. The van der Waals surface area contributed by atoms with Crippen LogP contribution in [0.2, 0.25) is 0 Å². The summed E-state index contributed by atoms with van der Waals surface area (Å²) in [6, 6.07) is 8.79. The molecule has 0 heterocycles. The second-order valence-corrected chi connectivity index (χ2v) is 4.25. The molecule has 0 aliphatic carbocycles. The Morgan fingerprint density at radius 2 is 2.31 bits per heavy atom. The van der Waals surface area contributed by atoms with Crippen molar-refractivity contribution in [2.75, 3.05) is 18.9 Å². The Balaban J connectivity index is 2.76. The van der Waals surface area contributed by atoms with E-state index in [9.17, 15) is 4.79 Å². The van der Waals surface area contributed by atoms with E-state index in [0.717, 1.165) is 11.8 Å². The smallest absolute Gasteiger partial charge is 0.253 e. The van der Waals surface area contributed by atoms with Crippen molar-refractivity contribution in [1.29, 1.82) is 5.26 Å². The van der Waals surface area contributed by atoms with Crippen LogP contribution >= 0.6 is 15.9 Å². The quantitative estimate of drug-likeness (QED) is 0.795. The van der Waals surface area contributed by atoms with E-state index in [1.807, 2.05) is 6.07 Å². The van der Waals surface area contributed by atoms with E-state index >= 15 is 0 Å². The van der Waals surface area contributed by atoms with Gasteiger partial charge in [-0.15, -0.1) is 0 Å². The second-order valence-electron chi connectivity index (χ2n) is 3.46. The van der Waals surface area contributed by atoms with Crippen molar-refractivity contribution >= 4 is 21.8 Å². The Kier molecular flexibility index (Phi) is 5.00. The molecule has 0 aliphatic rings. The maximum absolute atomic E-state index is 11.9. The highest BCUT2D eigenvalue weighted by atomic mass is 79.9. The molecule has 0 N–H and O–H groups in total. The molecule has 84 valence electrons. The molecule has 4 heteroatoms. The zero-order valence-corrected chi connectivity index (χ0v) is 10.7. The summed E-state index contributed by atoms with van der Waals surface area (Å²) in [7, 11) is 1.77. The molecule has 0 aliphatic heterocycles. The highest BCUT2D eigenvalue weighted by Gasteiger charge is 2.11. The summed E-state index contributed by atoms with van der Waals surface area (Å²) in [6.45, 7) is 0.709. The maximum atomic E-state index is 11.9. The highest BCUT2D eigenvalue weighted by Crippen LogP contribution is 2.07. The monoisotopic (exact) mass is 280 g/mol. The molecule has 1 rings (SSSR count). The lowest BCUT2D eigenvalue weighted by molar-refractivity contribution is 0.0795.